The molecule has 0 aliphatic heterocycles. The van der Waals surface area contributed by atoms with E-state index in [9.17, 15) is 0 Å². The molecule has 0 aromatic carbocycles. The lowest BCUT2D eigenvalue weighted by molar-refractivity contribution is 0.766. The van der Waals surface area contributed by atoms with Crippen LogP contribution < -0.4 is 5.73 Å². The van der Waals surface area contributed by atoms with Gasteiger partial charge in [-0.3, -0.25) is 9.36 Å². The van der Waals surface area contributed by atoms with Crippen molar-refractivity contribution in [3.8, 4) is 11.3 Å². The first-order valence-electron chi connectivity index (χ1n) is 4.42. The van der Waals surface area contributed by atoms with Gasteiger partial charge in [-0.25, -0.2) is 0 Å². The fraction of sp³-hybridized carbons (Fsp3) is 0.333. The van der Waals surface area contributed by atoms with Crippen molar-refractivity contribution < 1.29 is 0 Å². The van der Waals surface area contributed by atoms with Crippen LogP contribution in [-0.2, 0) is 20.6 Å². The van der Waals surface area contributed by atoms with Gasteiger partial charge in [0, 0.05) is 44.2 Å². The highest BCUT2D eigenvalue weighted by Gasteiger charge is 2.09. The van der Waals surface area contributed by atoms with Crippen molar-refractivity contribution in [3.63, 3.8) is 0 Å². The number of aryl methyl sites for hydroxylation is 2. The van der Waals surface area contributed by atoms with E-state index in [-0.39, 0.29) is 0 Å². The van der Waals surface area contributed by atoms with E-state index in [2.05, 4.69) is 10.2 Å². The lowest BCUT2D eigenvalue weighted by Gasteiger charge is -1.93. The van der Waals surface area contributed by atoms with Crippen LogP contribution in [0.5, 0.6) is 0 Å². The number of aromatic nitrogens is 4. The Balaban J connectivity index is 2.49. The van der Waals surface area contributed by atoms with Crippen LogP contribution in [0.15, 0.2) is 18.6 Å². The molecular formula is C9H13N5. The third kappa shape index (κ3) is 1.42. The lowest BCUT2D eigenvalue weighted by Crippen LogP contribution is -1.96. The second-order valence-corrected chi connectivity index (χ2v) is 3.28. The molecule has 74 valence electrons. The minimum absolute atomic E-state index is 0.498. The molecule has 0 aliphatic carbocycles. The monoisotopic (exact) mass is 191 g/mol. The Morgan fingerprint density at radius 2 is 2.07 bits per heavy atom. The Morgan fingerprint density at radius 1 is 1.29 bits per heavy atom. The molecule has 0 unspecified atom stereocenters. The number of hydrogen-bond donors (Lipinski definition) is 1. The van der Waals surface area contributed by atoms with Crippen LogP contribution in [0.3, 0.4) is 0 Å². The maximum absolute atomic E-state index is 5.63. The predicted molar refractivity (Wildman–Crippen MR) is 53.3 cm³/mol. The average molecular weight is 191 g/mol. The highest BCUT2D eigenvalue weighted by Crippen LogP contribution is 2.20. The zero-order valence-electron chi connectivity index (χ0n) is 8.31. The number of nitrogens with zero attached hydrogens (tertiary/aromatic N) is 4. The molecule has 2 N–H and O–H groups in total. The van der Waals surface area contributed by atoms with E-state index < -0.39 is 0 Å². The first-order chi connectivity index (χ1) is 6.70. The van der Waals surface area contributed by atoms with E-state index in [0.717, 1.165) is 16.8 Å². The van der Waals surface area contributed by atoms with Gasteiger partial charge in [-0.15, -0.1) is 0 Å². The van der Waals surface area contributed by atoms with Crippen LogP contribution in [0.4, 0.5) is 0 Å². The summed E-state index contributed by atoms with van der Waals surface area (Å²) in [7, 11) is 3.77. The van der Waals surface area contributed by atoms with Crippen LogP contribution >= 0.6 is 0 Å². The maximum atomic E-state index is 5.63. The highest BCUT2D eigenvalue weighted by molar-refractivity contribution is 5.60. The Labute approximate surface area is 82.1 Å². The van der Waals surface area contributed by atoms with Gasteiger partial charge < -0.3 is 5.73 Å². The Morgan fingerprint density at radius 3 is 2.64 bits per heavy atom. The van der Waals surface area contributed by atoms with E-state index in [1.807, 2.05) is 26.5 Å². The quantitative estimate of drug-likeness (QED) is 0.741. The van der Waals surface area contributed by atoms with Gasteiger partial charge in [0.15, 0.2) is 0 Å². The minimum atomic E-state index is 0.498. The van der Waals surface area contributed by atoms with Gasteiger partial charge >= 0.3 is 0 Å². The summed E-state index contributed by atoms with van der Waals surface area (Å²) in [6.45, 7) is 0.498. The van der Waals surface area contributed by atoms with Crippen LogP contribution in [-0.4, -0.2) is 19.6 Å². The van der Waals surface area contributed by atoms with Crippen LogP contribution in [0.25, 0.3) is 11.3 Å². The molecule has 2 heterocycles. The first kappa shape index (κ1) is 8.96. The molecule has 2 rings (SSSR count). The predicted octanol–water partition coefficient (Wildman–Crippen LogP) is 0.279. The van der Waals surface area contributed by atoms with Gasteiger partial charge in [0.25, 0.3) is 0 Å². The van der Waals surface area contributed by atoms with Gasteiger partial charge in [-0.1, -0.05) is 0 Å². The van der Waals surface area contributed by atoms with Crippen molar-refractivity contribution in [2.24, 2.45) is 19.8 Å². The second kappa shape index (κ2) is 3.26. The summed E-state index contributed by atoms with van der Waals surface area (Å²) in [5.74, 6) is 0. The van der Waals surface area contributed by atoms with Crippen molar-refractivity contribution in [1.82, 2.24) is 19.6 Å². The summed E-state index contributed by atoms with van der Waals surface area (Å²) in [5, 5.41) is 8.45. The third-order valence-electron chi connectivity index (χ3n) is 2.10. The van der Waals surface area contributed by atoms with Gasteiger partial charge in [-0.2, -0.15) is 10.2 Å². The van der Waals surface area contributed by atoms with Crippen molar-refractivity contribution in [2.75, 3.05) is 0 Å². The fourth-order valence-electron chi connectivity index (χ4n) is 1.47. The molecule has 0 aliphatic rings. The summed E-state index contributed by atoms with van der Waals surface area (Å²) < 4.78 is 3.52. The summed E-state index contributed by atoms with van der Waals surface area (Å²) in [6, 6.07) is 0. The van der Waals surface area contributed by atoms with Crippen molar-refractivity contribution in [3.05, 3.63) is 24.2 Å². The summed E-state index contributed by atoms with van der Waals surface area (Å²) >= 11 is 0. The van der Waals surface area contributed by atoms with Gasteiger partial charge in [-0.05, 0) is 0 Å². The molecule has 5 heteroatoms. The molecule has 14 heavy (non-hydrogen) atoms. The topological polar surface area (TPSA) is 61.7 Å². The molecule has 0 saturated heterocycles. The van der Waals surface area contributed by atoms with E-state index in [1.54, 1.807) is 15.6 Å². The minimum Gasteiger partial charge on any atom is -0.326 e. The Bertz CT molecular complexity index is 440. The maximum Gasteiger partial charge on any atom is 0.0999 e. The lowest BCUT2D eigenvalue weighted by atomic mass is 10.1. The molecule has 0 saturated carbocycles. The van der Waals surface area contributed by atoms with Crippen LogP contribution in [0.1, 0.15) is 5.56 Å². The molecule has 0 spiro atoms. The average Bonchev–Trinajstić information content (AvgIpc) is 2.71. The van der Waals surface area contributed by atoms with Crippen LogP contribution in [0, 0.1) is 0 Å². The van der Waals surface area contributed by atoms with Gasteiger partial charge in [0.05, 0.1) is 11.9 Å². The normalized spacial score (nSPS) is 10.8. The zero-order valence-corrected chi connectivity index (χ0v) is 8.31. The second-order valence-electron chi connectivity index (χ2n) is 3.28. The number of nitrogens with two attached hydrogens (primary N) is 1. The molecule has 2 aromatic heterocycles. The SMILES string of the molecule is Cn1cc(-c2nn(C)cc2CN)cn1. The van der Waals surface area contributed by atoms with E-state index >= 15 is 0 Å². The molecule has 0 radical (unpaired) electrons. The molecule has 0 fully saturated rings. The first-order valence-corrected chi connectivity index (χ1v) is 4.42. The fourth-order valence-corrected chi connectivity index (χ4v) is 1.47. The van der Waals surface area contributed by atoms with Crippen LogP contribution in [0.2, 0.25) is 0 Å². The van der Waals surface area contributed by atoms with E-state index in [1.165, 1.54) is 0 Å². The summed E-state index contributed by atoms with van der Waals surface area (Å²) in [4.78, 5) is 0. The molecule has 0 atom stereocenters. The molecule has 0 bridgehead atoms. The summed E-state index contributed by atoms with van der Waals surface area (Å²) in [6.07, 6.45) is 5.66. The molecular weight excluding hydrogens is 178 g/mol. The van der Waals surface area contributed by atoms with E-state index in [4.69, 9.17) is 5.73 Å². The van der Waals surface area contributed by atoms with Crippen molar-refractivity contribution in [1.29, 1.82) is 0 Å². The van der Waals surface area contributed by atoms with Gasteiger partial charge in [0.1, 0.15) is 0 Å². The van der Waals surface area contributed by atoms with Gasteiger partial charge in [0.2, 0.25) is 0 Å². The Hall–Kier alpha value is -1.62. The number of rotatable bonds is 2. The summed E-state index contributed by atoms with van der Waals surface area (Å²) in [5.41, 5.74) is 8.60. The number of hydrogen-bond acceptors (Lipinski definition) is 3. The molecule has 5 nitrogen and oxygen atoms in total. The largest absolute Gasteiger partial charge is 0.326 e. The molecule has 2 aromatic rings. The highest BCUT2D eigenvalue weighted by atomic mass is 15.3. The smallest absolute Gasteiger partial charge is 0.0999 e. The standard InChI is InChI=1S/C9H13N5/c1-13-6-8(4-11-13)9-7(3-10)5-14(2)12-9/h4-6H,3,10H2,1-2H3. The molecule has 0 amide bonds. The zero-order chi connectivity index (χ0) is 10.1. The van der Waals surface area contributed by atoms with Crippen molar-refractivity contribution in [2.45, 2.75) is 6.54 Å². The third-order valence-corrected chi connectivity index (χ3v) is 2.10. The van der Waals surface area contributed by atoms with Crippen molar-refractivity contribution >= 4 is 0 Å². The van der Waals surface area contributed by atoms with E-state index in [0.29, 0.717) is 6.54 Å². The Kier molecular flexibility index (Phi) is 2.09.